The number of nitrogens with zero attached hydrogens (tertiary/aromatic N) is 1. The van der Waals surface area contributed by atoms with Crippen LogP contribution in [0.4, 0.5) is 18.9 Å². The highest BCUT2D eigenvalue weighted by atomic mass is 19.4. The second kappa shape index (κ2) is 6.75. The molecule has 0 fully saturated rings. The van der Waals surface area contributed by atoms with Crippen molar-refractivity contribution in [1.29, 1.82) is 0 Å². The van der Waals surface area contributed by atoms with E-state index in [1.807, 2.05) is 0 Å². The van der Waals surface area contributed by atoms with Crippen molar-refractivity contribution in [2.75, 3.05) is 19.0 Å². The number of para-hydroxylation sites is 1. The summed E-state index contributed by atoms with van der Waals surface area (Å²) in [5.41, 5.74) is -0.398. The number of carbonyl (C=O) groups is 3. The molecule has 0 radical (unpaired) electrons. The van der Waals surface area contributed by atoms with Gasteiger partial charge in [-0.2, -0.15) is 13.2 Å². The maximum Gasteiger partial charge on any atom is 0.419 e. The van der Waals surface area contributed by atoms with E-state index in [2.05, 4.69) is 5.32 Å². The first kappa shape index (κ1) is 18.4. The zero-order valence-corrected chi connectivity index (χ0v) is 14.0. The molecule has 3 amide bonds. The predicted molar refractivity (Wildman–Crippen MR) is 88.4 cm³/mol. The Morgan fingerprint density at radius 1 is 1.07 bits per heavy atom. The number of hydrogen-bond acceptors (Lipinski definition) is 4. The van der Waals surface area contributed by atoms with Gasteiger partial charge >= 0.3 is 6.18 Å². The smallest absolute Gasteiger partial charge is 0.419 e. The lowest BCUT2D eigenvalue weighted by molar-refractivity contribution is -0.139. The fraction of sp³-hybridized carbons (Fsp3) is 0.167. The Morgan fingerprint density at radius 2 is 1.74 bits per heavy atom. The number of nitrogens with one attached hydrogen (secondary N) is 1. The summed E-state index contributed by atoms with van der Waals surface area (Å²) in [5.74, 6) is -2.12. The molecule has 27 heavy (non-hydrogen) atoms. The topological polar surface area (TPSA) is 75.7 Å². The van der Waals surface area contributed by atoms with Gasteiger partial charge < -0.3 is 10.1 Å². The van der Waals surface area contributed by atoms with Crippen LogP contribution in [0.15, 0.2) is 42.5 Å². The van der Waals surface area contributed by atoms with Gasteiger partial charge in [-0.05, 0) is 30.3 Å². The monoisotopic (exact) mass is 378 g/mol. The first-order valence-electron chi connectivity index (χ1n) is 7.74. The molecular weight excluding hydrogens is 365 g/mol. The molecule has 2 aromatic carbocycles. The largest absolute Gasteiger partial charge is 0.483 e. The Balaban J connectivity index is 1.68. The molecule has 0 saturated heterocycles. The van der Waals surface area contributed by atoms with Gasteiger partial charge in [0.15, 0.2) is 6.61 Å². The first-order chi connectivity index (χ1) is 12.7. The third kappa shape index (κ3) is 3.62. The molecule has 1 heterocycles. The summed E-state index contributed by atoms with van der Waals surface area (Å²) in [7, 11) is 1.34. The van der Waals surface area contributed by atoms with Crippen LogP contribution < -0.4 is 10.1 Å². The van der Waals surface area contributed by atoms with Gasteiger partial charge in [-0.25, -0.2) is 0 Å². The summed E-state index contributed by atoms with van der Waals surface area (Å²) < 4.78 is 43.7. The van der Waals surface area contributed by atoms with E-state index in [1.165, 1.54) is 37.4 Å². The highest BCUT2D eigenvalue weighted by molar-refractivity contribution is 6.21. The molecule has 9 heteroatoms. The molecular formula is C18H13F3N2O4. The van der Waals surface area contributed by atoms with E-state index in [4.69, 9.17) is 4.74 Å². The van der Waals surface area contributed by atoms with Crippen LogP contribution in [0.5, 0.6) is 5.75 Å². The molecule has 3 rings (SSSR count). The molecule has 140 valence electrons. The minimum atomic E-state index is -4.61. The van der Waals surface area contributed by atoms with Crippen LogP contribution in [0.2, 0.25) is 0 Å². The zero-order valence-electron chi connectivity index (χ0n) is 14.0. The van der Waals surface area contributed by atoms with Crippen molar-refractivity contribution in [2.24, 2.45) is 0 Å². The van der Waals surface area contributed by atoms with E-state index in [-0.39, 0.29) is 16.8 Å². The van der Waals surface area contributed by atoms with Crippen LogP contribution in [0.1, 0.15) is 26.3 Å². The van der Waals surface area contributed by atoms with Crippen LogP contribution >= 0.6 is 0 Å². The van der Waals surface area contributed by atoms with Crippen molar-refractivity contribution in [3.8, 4) is 5.75 Å². The molecule has 0 saturated carbocycles. The van der Waals surface area contributed by atoms with Crippen molar-refractivity contribution in [3.63, 3.8) is 0 Å². The fourth-order valence-electron chi connectivity index (χ4n) is 2.61. The van der Waals surface area contributed by atoms with E-state index in [0.29, 0.717) is 0 Å². The maximum atomic E-state index is 12.9. The molecule has 2 aromatic rings. The highest BCUT2D eigenvalue weighted by Gasteiger charge is 2.34. The normalized spacial score (nSPS) is 13.6. The van der Waals surface area contributed by atoms with Gasteiger partial charge in [0.25, 0.3) is 17.7 Å². The van der Waals surface area contributed by atoms with E-state index in [1.54, 1.807) is 0 Å². The molecule has 0 aliphatic carbocycles. The number of alkyl halides is 3. The van der Waals surface area contributed by atoms with Crippen molar-refractivity contribution in [1.82, 2.24) is 4.90 Å². The van der Waals surface area contributed by atoms with Gasteiger partial charge in [-0.3, -0.25) is 19.3 Å². The molecule has 0 bridgehead atoms. The zero-order chi connectivity index (χ0) is 19.8. The number of rotatable bonds is 4. The lowest BCUT2D eigenvalue weighted by atomic mass is 10.1. The average Bonchev–Trinajstić information content (AvgIpc) is 2.83. The molecule has 0 spiro atoms. The summed E-state index contributed by atoms with van der Waals surface area (Å²) >= 11 is 0. The van der Waals surface area contributed by atoms with E-state index in [9.17, 15) is 27.6 Å². The number of amides is 3. The number of anilines is 1. The van der Waals surface area contributed by atoms with Crippen molar-refractivity contribution in [3.05, 3.63) is 59.2 Å². The van der Waals surface area contributed by atoms with Crippen LogP contribution in [0, 0.1) is 0 Å². The number of halogens is 3. The van der Waals surface area contributed by atoms with Crippen molar-refractivity contribution in [2.45, 2.75) is 6.18 Å². The Kier molecular flexibility index (Phi) is 4.61. The van der Waals surface area contributed by atoms with Crippen LogP contribution in [0.25, 0.3) is 0 Å². The second-order valence-corrected chi connectivity index (χ2v) is 5.76. The second-order valence-electron chi connectivity index (χ2n) is 5.76. The molecule has 0 unspecified atom stereocenters. The third-order valence-electron chi connectivity index (χ3n) is 3.92. The van der Waals surface area contributed by atoms with Gasteiger partial charge in [-0.15, -0.1) is 0 Å². The Morgan fingerprint density at radius 3 is 2.44 bits per heavy atom. The minimum absolute atomic E-state index is 0.142. The Labute approximate surface area is 151 Å². The highest BCUT2D eigenvalue weighted by Crippen LogP contribution is 2.35. The van der Waals surface area contributed by atoms with Crippen molar-refractivity contribution >= 4 is 23.4 Å². The maximum absolute atomic E-state index is 12.9. The van der Waals surface area contributed by atoms with Gasteiger partial charge in [0.05, 0.1) is 16.7 Å². The van der Waals surface area contributed by atoms with Gasteiger partial charge in [0, 0.05) is 12.7 Å². The quantitative estimate of drug-likeness (QED) is 0.830. The molecule has 1 N–H and O–H groups in total. The summed E-state index contributed by atoms with van der Waals surface area (Å²) in [6.07, 6.45) is -4.61. The van der Waals surface area contributed by atoms with E-state index < -0.39 is 41.8 Å². The SMILES string of the molecule is CN1C(=O)c2ccc(NC(=O)COc3ccccc3C(F)(F)F)cc2C1=O. The fourth-order valence-corrected chi connectivity index (χ4v) is 2.61. The molecule has 1 aliphatic rings. The van der Waals surface area contributed by atoms with Gasteiger partial charge in [0.1, 0.15) is 5.75 Å². The lowest BCUT2D eigenvalue weighted by Crippen LogP contribution is -2.24. The van der Waals surface area contributed by atoms with Crippen LogP contribution in [-0.4, -0.2) is 36.3 Å². The number of fused-ring (bicyclic) bond motifs is 1. The van der Waals surface area contributed by atoms with Gasteiger partial charge in [-0.1, -0.05) is 12.1 Å². The predicted octanol–water partition coefficient (Wildman–Crippen LogP) is 2.95. The number of carbonyl (C=O) groups excluding carboxylic acids is 3. The molecule has 0 aromatic heterocycles. The first-order valence-corrected chi connectivity index (χ1v) is 7.74. The van der Waals surface area contributed by atoms with E-state index in [0.717, 1.165) is 17.0 Å². The van der Waals surface area contributed by atoms with Crippen LogP contribution in [0.3, 0.4) is 0 Å². The third-order valence-corrected chi connectivity index (χ3v) is 3.92. The number of ether oxygens (including phenoxy) is 1. The number of benzene rings is 2. The van der Waals surface area contributed by atoms with E-state index >= 15 is 0 Å². The average molecular weight is 378 g/mol. The standard InChI is InChI=1S/C18H13F3N2O4/c1-23-16(25)11-7-6-10(8-12(11)17(23)26)22-15(24)9-27-14-5-3-2-4-13(14)18(19,20)21/h2-8H,9H2,1H3,(H,22,24). The summed E-state index contributed by atoms with van der Waals surface area (Å²) in [6.45, 7) is -0.656. The van der Waals surface area contributed by atoms with Crippen molar-refractivity contribution < 1.29 is 32.3 Å². The van der Waals surface area contributed by atoms with Crippen LogP contribution in [-0.2, 0) is 11.0 Å². The Bertz CT molecular complexity index is 940. The van der Waals surface area contributed by atoms with Gasteiger partial charge in [0.2, 0.25) is 0 Å². The lowest BCUT2D eigenvalue weighted by Gasteiger charge is -2.13. The summed E-state index contributed by atoms with van der Waals surface area (Å²) in [6, 6.07) is 8.70. The molecule has 0 atom stereocenters. The summed E-state index contributed by atoms with van der Waals surface area (Å²) in [4.78, 5) is 36.7. The Hall–Kier alpha value is -3.36. The minimum Gasteiger partial charge on any atom is -0.483 e. The molecule has 6 nitrogen and oxygen atoms in total. The molecule has 1 aliphatic heterocycles. The number of hydrogen-bond donors (Lipinski definition) is 1. The summed E-state index contributed by atoms with van der Waals surface area (Å²) in [5, 5.41) is 2.42. The number of imide groups is 1.